The van der Waals surface area contributed by atoms with Crippen LogP contribution in [-0.4, -0.2) is 28.0 Å². The van der Waals surface area contributed by atoms with Crippen molar-refractivity contribution in [2.75, 3.05) is 4.90 Å². The molecule has 1 saturated heterocycles. The zero-order chi connectivity index (χ0) is 18.4. The SMILES string of the molecule is NC(=O)[C@@H]1C[C@@H]2CCCC[C@H]2N1c1ncnc2scc(-c3ccccc3)c12. The predicted octanol–water partition coefficient (Wildman–Crippen LogP) is 3.98. The van der Waals surface area contributed by atoms with E-state index in [0.717, 1.165) is 40.0 Å². The Balaban J connectivity index is 1.70. The minimum absolute atomic E-state index is 0.243. The van der Waals surface area contributed by atoms with E-state index >= 15 is 0 Å². The smallest absolute Gasteiger partial charge is 0.240 e. The average molecular weight is 379 g/mol. The number of amides is 1. The fourth-order valence-electron chi connectivity index (χ4n) is 4.90. The van der Waals surface area contributed by atoms with Crippen LogP contribution in [0.25, 0.3) is 21.3 Å². The monoisotopic (exact) mass is 378 g/mol. The molecule has 1 aromatic carbocycles. The van der Waals surface area contributed by atoms with Gasteiger partial charge in [0.25, 0.3) is 0 Å². The first kappa shape index (κ1) is 16.7. The first-order valence-electron chi connectivity index (χ1n) is 9.59. The number of nitrogens with two attached hydrogens (primary N) is 1. The van der Waals surface area contributed by atoms with Crippen LogP contribution in [0.15, 0.2) is 42.0 Å². The maximum Gasteiger partial charge on any atom is 0.240 e. The Hall–Kier alpha value is -2.47. The summed E-state index contributed by atoms with van der Waals surface area (Å²) in [5.41, 5.74) is 8.11. The molecule has 0 unspecified atom stereocenters. The molecule has 0 bridgehead atoms. The van der Waals surface area contributed by atoms with Gasteiger partial charge in [-0.3, -0.25) is 4.79 Å². The molecular weight excluding hydrogens is 356 g/mol. The van der Waals surface area contributed by atoms with Crippen LogP contribution in [0.2, 0.25) is 0 Å². The van der Waals surface area contributed by atoms with E-state index in [1.807, 2.05) is 18.2 Å². The molecule has 3 atom stereocenters. The fourth-order valence-corrected chi connectivity index (χ4v) is 5.81. The van der Waals surface area contributed by atoms with Gasteiger partial charge in [-0.1, -0.05) is 43.2 Å². The number of fused-ring (bicyclic) bond motifs is 2. The number of aromatic nitrogens is 2. The number of carbonyl (C=O) groups is 1. The quantitative estimate of drug-likeness (QED) is 0.748. The van der Waals surface area contributed by atoms with Crippen LogP contribution in [0.5, 0.6) is 0 Å². The van der Waals surface area contributed by atoms with Gasteiger partial charge in [-0.05, 0) is 30.7 Å². The summed E-state index contributed by atoms with van der Waals surface area (Å²) in [5, 5.41) is 3.19. The molecule has 1 aliphatic carbocycles. The van der Waals surface area contributed by atoms with Gasteiger partial charge in [-0.15, -0.1) is 11.3 Å². The van der Waals surface area contributed by atoms with Crippen LogP contribution in [-0.2, 0) is 4.79 Å². The number of hydrogen-bond acceptors (Lipinski definition) is 5. The standard InChI is InChI=1S/C21H22N4OS/c22-19(26)17-10-14-8-4-5-9-16(14)25(17)20-18-15(13-6-2-1-3-7-13)11-27-21(18)24-12-23-20/h1-3,6-7,11-12,14,16-17H,4-5,8-10H2,(H2,22,26)/t14-,16+,17-/m0/s1. The number of primary amides is 1. The van der Waals surface area contributed by atoms with Crippen LogP contribution in [0.3, 0.4) is 0 Å². The summed E-state index contributed by atoms with van der Waals surface area (Å²) in [4.78, 5) is 24.7. The van der Waals surface area contributed by atoms with Crippen molar-refractivity contribution in [2.24, 2.45) is 11.7 Å². The second-order valence-corrected chi connectivity index (χ2v) is 8.42. The second-order valence-electron chi connectivity index (χ2n) is 7.57. The number of nitrogens with zero attached hydrogens (tertiary/aromatic N) is 3. The van der Waals surface area contributed by atoms with Crippen LogP contribution in [0, 0.1) is 5.92 Å². The van der Waals surface area contributed by atoms with Crippen molar-refractivity contribution in [1.29, 1.82) is 0 Å². The van der Waals surface area contributed by atoms with E-state index in [1.54, 1.807) is 17.7 Å². The van der Waals surface area contributed by atoms with Crippen molar-refractivity contribution < 1.29 is 4.79 Å². The van der Waals surface area contributed by atoms with Crippen LogP contribution in [0.4, 0.5) is 5.82 Å². The number of benzene rings is 1. The zero-order valence-corrected chi connectivity index (χ0v) is 15.9. The Labute approximate surface area is 162 Å². The molecule has 0 radical (unpaired) electrons. The lowest BCUT2D eigenvalue weighted by atomic mass is 9.84. The Kier molecular flexibility index (Phi) is 4.08. The Morgan fingerprint density at radius 2 is 1.96 bits per heavy atom. The summed E-state index contributed by atoms with van der Waals surface area (Å²) in [6.07, 6.45) is 7.19. The molecule has 3 heterocycles. The molecule has 0 spiro atoms. The Morgan fingerprint density at radius 1 is 1.15 bits per heavy atom. The molecule has 2 fully saturated rings. The van der Waals surface area contributed by atoms with Crippen molar-refractivity contribution in [3.05, 3.63) is 42.0 Å². The van der Waals surface area contributed by atoms with E-state index < -0.39 is 0 Å². The highest BCUT2D eigenvalue weighted by Crippen LogP contribution is 2.45. The lowest BCUT2D eigenvalue weighted by Gasteiger charge is -2.34. The van der Waals surface area contributed by atoms with Gasteiger partial charge in [0, 0.05) is 17.0 Å². The zero-order valence-electron chi connectivity index (χ0n) is 15.0. The molecule has 27 heavy (non-hydrogen) atoms. The highest BCUT2D eigenvalue weighted by atomic mass is 32.1. The fraction of sp³-hybridized carbons (Fsp3) is 0.381. The van der Waals surface area contributed by atoms with Gasteiger partial charge in [0.05, 0.1) is 5.39 Å². The molecule has 5 nitrogen and oxygen atoms in total. The van der Waals surface area contributed by atoms with E-state index in [1.165, 1.54) is 19.3 Å². The maximum absolute atomic E-state index is 12.3. The summed E-state index contributed by atoms with van der Waals surface area (Å²) < 4.78 is 0. The summed E-state index contributed by atoms with van der Waals surface area (Å²) in [6.45, 7) is 0. The molecule has 3 aromatic rings. The average Bonchev–Trinajstić information content (AvgIpc) is 3.30. The van der Waals surface area contributed by atoms with Gasteiger partial charge in [0.1, 0.15) is 23.0 Å². The van der Waals surface area contributed by atoms with Gasteiger partial charge in [-0.2, -0.15) is 0 Å². The summed E-state index contributed by atoms with van der Waals surface area (Å²) >= 11 is 1.63. The third-order valence-corrected chi connectivity index (χ3v) is 6.98. The molecule has 2 aromatic heterocycles. The van der Waals surface area contributed by atoms with Crippen molar-refractivity contribution >= 4 is 33.3 Å². The van der Waals surface area contributed by atoms with Crippen molar-refractivity contribution in [1.82, 2.24) is 9.97 Å². The highest BCUT2D eigenvalue weighted by molar-refractivity contribution is 7.17. The lowest BCUT2D eigenvalue weighted by Crippen LogP contribution is -2.45. The maximum atomic E-state index is 12.3. The summed E-state index contributed by atoms with van der Waals surface area (Å²) in [6, 6.07) is 10.4. The first-order valence-corrected chi connectivity index (χ1v) is 10.5. The van der Waals surface area contributed by atoms with E-state index in [2.05, 4.69) is 32.4 Å². The lowest BCUT2D eigenvalue weighted by molar-refractivity contribution is -0.119. The van der Waals surface area contributed by atoms with Crippen molar-refractivity contribution in [3.8, 4) is 11.1 Å². The Bertz CT molecular complexity index is 986. The van der Waals surface area contributed by atoms with E-state index in [9.17, 15) is 4.79 Å². The number of anilines is 1. The van der Waals surface area contributed by atoms with Crippen molar-refractivity contribution in [3.63, 3.8) is 0 Å². The molecular formula is C21H22N4OS. The molecule has 1 amide bonds. The van der Waals surface area contributed by atoms with Gasteiger partial charge in [0.15, 0.2) is 0 Å². The minimum atomic E-state index is -0.278. The van der Waals surface area contributed by atoms with Gasteiger partial charge in [0.2, 0.25) is 5.91 Å². The minimum Gasteiger partial charge on any atom is -0.368 e. The summed E-state index contributed by atoms with van der Waals surface area (Å²) in [5.74, 6) is 1.16. The second kappa shape index (κ2) is 6.60. The van der Waals surface area contributed by atoms with E-state index in [4.69, 9.17) is 5.73 Å². The predicted molar refractivity (Wildman–Crippen MR) is 109 cm³/mol. The van der Waals surface area contributed by atoms with E-state index in [-0.39, 0.29) is 11.9 Å². The molecule has 2 aliphatic rings. The van der Waals surface area contributed by atoms with E-state index in [0.29, 0.717) is 12.0 Å². The molecule has 6 heteroatoms. The third-order valence-electron chi connectivity index (χ3n) is 6.10. The number of thiophene rings is 1. The summed E-state index contributed by atoms with van der Waals surface area (Å²) in [7, 11) is 0. The van der Waals surface area contributed by atoms with Gasteiger partial charge < -0.3 is 10.6 Å². The molecule has 1 saturated carbocycles. The van der Waals surface area contributed by atoms with Crippen LogP contribution < -0.4 is 10.6 Å². The highest BCUT2D eigenvalue weighted by Gasteiger charge is 2.45. The van der Waals surface area contributed by atoms with Crippen LogP contribution in [0.1, 0.15) is 32.1 Å². The Morgan fingerprint density at radius 3 is 2.78 bits per heavy atom. The molecule has 1 aliphatic heterocycles. The molecule has 5 rings (SSSR count). The number of hydrogen-bond donors (Lipinski definition) is 1. The third kappa shape index (κ3) is 2.70. The number of carbonyl (C=O) groups excluding carboxylic acids is 1. The van der Waals surface area contributed by atoms with Gasteiger partial charge in [-0.25, -0.2) is 9.97 Å². The molecule has 2 N–H and O–H groups in total. The number of rotatable bonds is 3. The van der Waals surface area contributed by atoms with Gasteiger partial charge >= 0.3 is 0 Å². The van der Waals surface area contributed by atoms with Crippen molar-refractivity contribution in [2.45, 2.75) is 44.2 Å². The topological polar surface area (TPSA) is 72.1 Å². The largest absolute Gasteiger partial charge is 0.368 e. The first-order chi connectivity index (χ1) is 13.2. The normalized spacial score (nSPS) is 24.9. The molecule has 138 valence electrons. The van der Waals surface area contributed by atoms with Crippen LogP contribution >= 0.6 is 11.3 Å².